The largest absolute Gasteiger partial charge is 0.489 e. The van der Waals surface area contributed by atoms with Crippen molar-refractivity contribution in [3.05, 3.63) is 61.7 Å². The van der Waals surface area contributed by atoms with Gasteiger partial charge in [-0.05, 0) is 71.3 Å². The molecule has 0 aromatic heterocycles. The molecule has 0 heterocycles. The van der Waals surface area contributed by atoms with Crippen LogP contribution in [-0.4, -0.2) is 5.78 Å². The van der Waals surface area contributed by atoms with Gasteiger partial charge in [0.05, 0.1) is 0 Å². The average molecular weight is 413 g/mol. The molecule has 0 atom stereocenters. The number of ether oxygens (including phenoxy) is 1. The molecule has 0 amide bonds. The zero-order chi connectivity index (χ0) is 14.8. The minimum absolute atomic E-state index is 0.221. The van der Waals surface area contributed by atoms with Gasteiger partial charge in [0, 0.05) is 26.1 Å². The van der Waals surface area contributed by atoms with Gasteiger partial charge in [-0.3, -0.25) is 4.79 Å². The van der Waals surface area contributed by atoms with Crippen LogP contribution in [0.5, 0.6) is 5.75 Å². The van der Waals surface area contributed by atoms with E-state index < -0.39 is 0 Å². The van der Waals surface area contributed by atoms with Crippen molar-refractivity contribution in [3.8, 4) is 5.75 Å². The number of ketones is 1. The van der Waals surface area contributed by atoms with Crippen molar-refractivity contribution in [3.63, 3.8) is 0 Å². The molecular formula is C17H14ClIO2. The Labute approximate surface area is 142 Å². The lowest BCUT2D eigenvalue weighted by molar-refractivity contribution is 0.0972. The quantitative estimate of drug-likeness (QED) is 0.660. The Morgan fingerprint density at radius 2 is 2.00 bits per heavy atom. The first-order valence-corrected chi connectivity index (χ1v) is 8.32. The predicted octanol–water partition coefficient (Wildman–Crippen LogP) is 5.04. The van der Waals surface area contributed by atoms with E-state index in [1.165, 1.54) is 0 Å². The molecule has 0 saturated heterocycles. The first-order chi connectivity index (χ1) is 10.1. The van der Waals surface area contributed by atoms with E-state index in [4.69, 9.17) is 16.3 Å². The van der Waals surface area contributed by atoms with Crippen molar-refractivity contribution in [2.24, 2.45) is 0 Å². The third-order valence-corrected chi connectivity index (χ3v) is 4.92. The number of rotatable bonds is 3. The summed E-state index contributed by atoms with van der Waals surface area (Å²) < 4.78 is 6.94. The van der Waals surface area contributed by atoms with Gasteiger partial charge in [-0.2, -0.15) is 0 Å². The van der Waals surface area contributed by atoms with Crippen molar-refractivity contribution in [1.82, 2.24) is 0 Å². The maximum absolute atomic E-state index is 11.9. The molecule has 3 rings (SSSR count). The lowest BCUT2D eigenvalue weighted by Crippen LogP contribution is -2.10. The van der Waals surface area contributed by atoms with Crippen LogP contribution in [0.15, 0.2) is 36.4 Å². The Hall–Kier alpha value is -1.07. The molecule has 0 fully saturated rings. The fourth-order valence-electron chi connectivity index (χ4n) is 2.51. The number of benzene rings is 2. The monoisotopic (exact) mass is 412 g/mol. The average Bonchev–Trinajstić information content (AvgIpc) is 2.49. The summed E-state index contributed by atoms with van der Waals surface area (Å²) in [4.78, 5) is 11.9. The van der Waals surface area contributed by atoms with Gasteiger partial charge >= 0.3 is 0 Å². The molecule has 2 nitrogen and oxygen atoms in total. The van der Waals surface area contributed by atoms with E-state index in [0.717, 1.165) is 38.9 Å². The molecule has 1 aliphatic carbocycles. The summed E-state index contributed by atoms with van der Waals surface area (Å²) in [7, 11) is 0. The van der Waals surface area contributed by atoms with Crippen LogP contribution in [0.4, 0.5) is 0 Å². The number of hydrogen-bond donors (Lipinski definition) is 0. The SMILES string of the molecule is O=C1CCCc2ccc(OCc3cc(Cl)ccc3I)cc21. The molecule has 21 heavy (non-hydrogen) atoms. The number of carbonyl (C=O) groups excluding carboxylic acids is 1. The van der Waals surface area contributed by atoms with Gasteiger partial charge in [-0.1, -0.05) is 17.7 Å². The zero-order valence-corrected chi connectivity index (χ0v) is 14.3. The summed E-state index contributed by atoms with van der Waals surface area (Å²) in [6.45, 7) is 0.450. The van der Waals surface area contributed by atoms with E-state index in [1.807, 2.05) is 36.4 Å². The van der Waals surface area contributed by atoms with Crippen molar-refractivity contribution < 1.29 is 9.53 Å². The van der Waals surface area contributed by atoms with Crippen LogP contribution in [0.2, 0.25) is 5.02 Å². The topological polar surface area (TPSA) is 26.3 Å². The van der Waals surface area contributed by atoms with Crippen LogP contribution < -0.4 is 4.74 Å². The highest BCUT2D eigenvalue weighted by Gasteiger charge is 2.17. The third kappa shape index (κ3) is 3.40. The normalized spacial score (nSPS) is 13.9. The molecule has 2 aromatic carbocycles. The van der Waals surface area contributed by atoms with Crippen LogP contribution in [0.25, 0.3) is 0 Å². The van der Waals surface area contributed by atoms with E-state index in [0.29, 0.717) is 18.1 Å². The molecule has 0 aliphatic heterocycles. The molecule has 0 unspecified atom stereocenters. The number of carbonyl (C=O) groups is 1. The minimum Gasteiger partial charge on any atom is -0.489 e. The summed E-state index contributed by atoms with van der Waals surface area (Å²) in [5.74, 6) is 0.957. The van der Waals surface area contributed by atoms with Gasteiger partial charge < -0.3 is 4.74 Å². The van der Waals surface area contributed by atoms with Crippen LogP contribution in [0, 0.1) is 3.57 Å². The van der Waals surface area contributed by atoms with E-state index in [-0.39, 0.29) is 5.78 Å². The Morgan fingerprint density at radius 3 is 2.86 bits per heavy atom. The Balaban J connectivity index is 1.78. The fourth-order valence-corrected chi connectivity index (χ4v) is 3.20. The smallest absolute Gasteiger partial charge is 0.163 e. The van der Waals surface area contributed by atoms with Gasteiger partial charge in [-0.25, -0.2) is 0 Å². The van der Waals surface area contributed by atoms with E-state index in [2.05, 4.69) is 22.6 Å². The summed E-state index contributed by atoms with van der Waals surface area (Å²) in [6, 6.07) is 11.6. The molecular weight excluding hydrogens is 399 g/mol. The summed E-state index contributed by atoms with van der Waals surface area (Å²) in [6.07, 6.45) is 2.57. The summed E-state index contributed by atoms with van der Waals surface area (Å²) in [5.41, 5.74) is 3.00. The molecule has 0 bridgehead atoms. The summed E-state index contributed by atoms with van der Waals surface area (Å²) in [5, 5.41) is 0.703. The summed E-state index contributed by atoms with van der Waals surface area (Å²) >= 11 is 8.27. The second kappa shape index (κ2) is 6.36. The van der Waals surface area contributed by atoms with Crippen molar-refractivity contribution in [2.45, 2.75) is 25.9 Å². The van der Waals surface area contributed by atoms with Gasteiger partial charge in [0.1, 0.15) is 12.4 Å². The number of hydrogen-bond acceptors (Lipinski definition) is 2. The van der Waals surface area contributed by atoms with Crippen LogP contribution in [0.1, 0.15) is 34.3 Å². The maximum atomic E-state index is 11.9. The van der Waals surface area contributed by atoms with E-state index >= 15 is 0 Å². The highest BCUT2D eigenvalue weighted by atomic mass is 127. The van der Waals surface area contributed by atoms with Gasteiger partial charge in [0.25, 0.3) is 0 Å². The van der Waals surface area contributed by atoms with Crippen LogP contribution >= 0.6 is 34.2 Å². The standard InChI is InChI=1S/C17H14ClIO2/c18-13-5-7-16(19)12(8-13)10-21-14-6-4-11-2-1-3-17(20)15(11)9-14/h4-9H,1-3,10H2. The van der Waals surface area contributed by atoms with Gasteiger partial charge in [0.2, 0.25) is 0 Å². The molecule has 0 radical (unpaired) electrons. The van der Waals surface area contributed by atoms with Gasteiger partial charge in [0.15, 0.2) is 5.78 Å². The number of halogens is 2. The van der Waals surface area contributed by atoms with Crippen LogP contribution in [0.3, 0.4) is 0 Å². The zero-order valence-electron chi connectivity index (χ0n) is 11.4. The van der Waals surface area contributed by atoms with E-state index in [1.54, 1.807) is 0 Å². The highest BCUT2D eigenvalue weighted by Crippen LogP contribution is 2.26. The second-order valence-corrected chi connectivity index (χ2v) is 6.72. The van der Waals surface area contributed by atoms with Crippen molar-refractivity contribution >= 4 is 40.0 Å². The van der Waals surface area contributed by atoms with Crippen molar-refractivity contribution in [2.75, 3.05) is 0 Å². The molecule has 0 saturated carbocycles. The predicted molar refractivity (Wildman–Crippen MR) is 92.2 cm³/mol. The van der Waals surface area contributed by atoms with Crippen molar-refractivity contribution in [1.29, 1.82) is 0 Å². The highest BCUT2D eigenvalue weighted by molar-refractivity contribution is 14.1. The maximum Gasteiger partial charge on any atom is 0.163 e. The lowest BCUT2D eigenvalue weighted by Gasteiger charge is -2.16. The first kappa shape index (κ1) is 14.9. The molecule has 0 spiro atoms. The van der Waals surface area contributed by atoms with Crippen LogP contribution in [-0.2, 0) is 13.0 Å². The lowest BCUT2D eigenvalue weighted by atomic mass is 9.90. The number of fused-ring (bicyclic) bond motifs is 1. The number of aryl methyl sites for hydroxylation is 1. The molecule has 0 N–H and O–H groups in total. The molecule has 1 aliphatic rings. The van der Waals surface area contributed by atoms with Gasteiger partial charge in [-0.15, -0.1) is 0 Å². The minimum atomic E-state index is 0.221. The Bertz CT molecular complexity index is 697. The molecule has 2 aromatic rings. The Morgan fingerprint density at radius 1 is 1.14 bits per heavy atom. The third-order valence-electron chi connectivity index (χ3n) is 3.63. The fraction of sp³-hybridized carbons (Fsp3) is 0.235. The molecule has 108 valence electrons. The first-order valence-electron chi connectivity index (χ1n) is 6.86. The Kier molecular flexibility index (Phi) is 4.50. The number of Topliss-reactive ketones (excluding diaryl/α,β-unsaturated/α-hetero) is 1. The second-order valence-electron chi connectivity index (χ2n) is 5.12. The van der Waals surface area contributed by atoms with E-state index in [9.17, 15) is 4.79 Å². The molecule has 4 heteroatoms.